The number of amides is 1. The molecule has 22 heavy (non-hydrogen) atoms. The highest BCUT2D eigenvalue weighted by molar-refractivity contribution is 7.91. The SMILES string of the molecule is Cc1c(C(=O)NCc2ccsc2)cnn1[C@@H]1CCS(=O)(=O)C1. The molecule has 118 valence electrons. The molecule has 1 aliphatic rings. The Morgan fingerprint density at radius 1 is 1.55 bits per heavy atom. The lowest BCUT2D eigenvalue weighted by atomic mass is 10.2. The fourth-order valence-electron chi connectivity index (χ4n) is 2.65. The predicted octanol–water partition coefficient (Wildman–Crippen LogP) is 1.54. The van der Waals surface area contributed by atoms with Crippen molar-refractivity contribution in [3.8, 4) is 0 Å². The fraction of sp³-hybridized carbons (Fsp3) is 0.429. The fourth-order valence-corrected chi connectivity index (χ4v) is 5.01. The van der Waals surface area contributed by atoms with Crippen molar-refractivity contribution < 1.29 is 13.2 Å². The monoisotopic (exact) mass is 339 g/mol. The van der Waals surface area contributed by atoms with E-state index >= 15 is 0 Å². The van der Waals surface area contributed by atoms with E-state index in [1.165, 1.54) is 6.20 Å². The number of sulfone groups is 1. The molecule has 2 aromatic rings. The molecular formula is C14H17N3O3S2. The Labute approximate surface area is 133 Å². The third-order valence-corrected chi connectivity index (χ3v) is 6.36. The first-order valence-corrected chi connectivity index (χ1v) is 9.76. The van der Waals surface area contributed by atoms with Crippen LogP contribution in [0.4, 0.5) is 0 Å². The highest BCUT2D eigenvalue weighted by Gasteiger charge is 2.31. The lowest BCUT2D eigenvalue weighted by Gasteiger charge is -2.11. The Bertz CT molecular complexity index is 778. The van der Waals surface area contributed by atoms with E-state index in [-0.39, 0.29) is 23.5 Å². The molecule has 0 radical (unpaired) electrons. The van der Waals surface area contributed by atoms with Gasteiger partial charge in [0.15, 0.2) is 9.84 Å². The summed E-state index contributed by atoms with van der Waals surface area (Å²) < 4.78 is 24.8. The number of hydrogen-bond donors (Lipinski definition) is 1. The summed E-state index contributed by atoms with van der Waals surface area (Å²) in [5.74, 6) is 0.109. The van der Waals surface area contributed by atoms with Gasteiger partial charge in [-0.3, -0.25) is 9.48 Å². The Hall–Kier alpha value is -1.67. The van der Waals surface area contributed by atoms with Crippen LogP contribution in [0.5, 0.6) is 0 Å². The van der Waals surface area contributed by atoms with Crippen LogP contribution >= 0.6 is 11.3 Å². The van der Waals surface area contributed by atoms with E-state index in [4.69, 9.17) is 0 Å². The van der Waals surface area contributed by atoms with Crippen LogP contribution in [0.15, 0.2) is 23.0 Å². The van der Waals surface area contributed by atoms with Crippen LogP contribution in [0.25, 0.3) is 0 Å². The predicted molar refractivity (Wildman–Crippen MR) is 84.8 cm³/mol. The number of aromatic nitrogens is 2. The summed E-state index contributed by atoms with van der Waals surface area (Å²) in [6.45, 7) is 2.28. The number of nitrogens with one attached hydrogen (secondary N) is 1. The molecule has 1 saturated heterocycles. The lowest BCUT2D eigenvalue weighted by Crippen LogP contribution is -2.23. The molecule has 0 aromatic carbocycles. The largest absolute Gasteiger partial charge is 0.348 e. The van der Waals surface area contributed by atoms with Crippen molar-refractivity contribution >= 4 is 27.1 Å². The second kappa shape index (κ2) is 5.85. The molecule has 1 fully saturated rings. The van der Waals surface area contributed by atoms with Crippen molar-refractivity contribution in [1.29, 1.82) is 0 Å². The maximum absolute atomic E-state index is 12.2. The molecule has 1 atom stereocenters. The average molecular weight is 339 g/mol. The highest BCUT2D eigenvalue weighted by atomic mass is 32.2. The van der Waals surface area contributed by atoms with Gasteiger partial charge in [0.05, 0.1) is 29.3 Å². The quantitative estimate of drug-likeness (QED) is 0.916. The summed E-state index contributed by atoms with van der Waals surface area (Å²) >= 11 is 1.59. The van der Waals surface area contributed by atoms with Gasteiger partial charge >= 0.3 is 0 Å². The Kier molecular flexibility index (Phi) is 4.05. The second-order valence-electron chi connectivity index (χ2n) is 5.46. The Balaban J connectivity index is 1.71. The summed E-state index contributed by atoms with van der Waals surface area (Å²) in [5, 5.41) is 11.0. The molecule has 3 heterocycles. The summed E-state index contributed by atoms with van der Waals surface area (Å²) in [6.07, 6.45) is 2.07. The van der Waals surface area contributed by atoms with Gasteiger partial charge in [0, 0.05) is 12.2 Å². The smallest absolute Gasteiger partial charge is 0.255 e. The molecule has 0 bridgehead atoms. The van der Waals surface area contributed by atoms with Crippen LogP contribution in [0.1, 0.15) is 34.1 Å². The normalized spacial score (nSPS) is 20.1. The molecule has 1 aliphatic heterocycles. The molecule has 6 nitrogen and oxygen atoms in total. The van der Waals surface area contributed by atoms with Gasteiger partial charge in [0.1, 0.15) is 0 Å². The molecular weight excluding hydrogens is 322 g/mol. The summed E-state index contributed by atoms with van der Waals surface area (Å²) in [4.78, 5) is 12.2. The number of rotatable bonds is 4. The van der Waals surface area contributed by atoms with Gasteiger partial charge < -0.3 is 5.32 Å². The maximum atomic E-state index is 12.2. The topological polar surface area (TPSA) is 81.1 Å². The zero-order valence-corrected chi connectivity index (χ0v) is 13.8. The van der Waals surface area contributed by atoms with Gasteiger partial charge in [-0.1, -0.05) is 0 Å². The van der Waals surface area contributed by atoms with Crippen molar-refractivity contribution in [3.05, 3.63) is 39.8 Å². The van der Waals surface area contributed by atoms with E-state index in [1.54, 1.807) is 22.9 Å². The van der Waals surface area contributed by atoms with Gasteiger partial charge in [0.25, 0.3) is 5.91 Å². The van der Waals surface area contributed by atoms with Crippen LogP contribution in [0.3, 0.4) is 0 Å². The van der Waals surface area contributed by atoms with Crippen molar-refractivity contribution in [2.75, 3.05) is 11.5 Å². The van der Waals surface area contributed by atoms with E-state index in [9.17, 15) is 13.2 Å². The Morgan fingerprint density at radius 2 is 2.36 bits per heavy atom. The maximum Gasteiger partial charge on any atom is 0.255 e. The third-order valence-electron chi connectivity index (χ3n) is 3.88. The van der Waals surface area contributed by atoms with E-state index < -0.39 is 9.84 Å². The first kappa shape index (κ1) is 15.2. The van der Waals surface area contributed by atoms with Crippen LogP contribution < -0.4 is 5.32 Å². The average Bonchev–Trinajstić information content (AvgIpc) is 3.16. The first-order chi connectivity index (χ1) is 10.5. The second-order valence-corrected chi connectivity index (χ2v) is 8.47. The van der Waals surface area contributed by atoms with Crippen LogP contribution in [-0.2, 0) is 16.4 Å². The van der Waals surface area contributed by atoms with Gasteiger partial charge in [-0.25, -0.2) is 8.42 Å². The number of hydrogen-bond acceptors (Lipinski definition) is 5. The van der Waals surface area contributed by atoms with Gasteiger partial charge in [-0.15, -0.1) is 0 Å². The molecule has 3 rings (SSSR count). The van der Waals surface area contributed by atoms with Crippen molar-refractivity contribution in [2.45, 2.75) is 25.9 Å². The number of carbonyl (C=O) groups is 1. The standard InChI is InChI=1S/C14H17N3O3S2/c1-10-13(14(18)15-6-11-2-4-21-8-11)7-16-17(10)12-3-5-22(19,20)9-12/h2,4,7-8,12H,3,5-6,9H2,1H3,(H,15,18)/t12-/m1/s1. The first-order valence-electron chi connectivity index (χ1n) is 7.00. The number of carbonyl (C=O) groups excluding carboxylic acids is 1. The third kappa shape index (κ3) is 3.07. The van der Waals surface area contributed by atoms with Crippen molar-refractivity contribution in [3.63, 3.8) is 0 Å². The molecule has 2 aromatic heterocycles. The van der Waals surface area contributed by atoms with E-state index in [0.29, 0.717) is 24.2 Å². The zero-order valence-electron chi connectivity index (χ0n) is 12.2. The van der Waals surface area contributed by atoms with Crippen LogP contribution in [-0.4, -0.2) is 35.6 Å². The van der Waals surface area contributed by atoms with Gasteiger partial charge in [-0.05, 0) is 35.7 Å². The van der Waals surface area contributed by atoms with E-state index in [1.807, 2.05) is 16.8 Å². The molecule has 0 aliphatic carbocycles. The van der Waals surface area contributed by atoms with Crippen LogP contribution in [0.2, 0.25) is 0 Å². The summed E-state index contributed by atoms with van der Waals surface area (Å²) in [7, 11) is -2.97. The van der Waals surface area contributed by atoms with Crippen molar-refractivity contribution in [2.24, 2.45) is 0 Å². The molecule has 0 saturated carbocycles. The summed E-state index contributed by atoms with van der Waals surface area (Å²) in [5.41, 5.74) is 2.27. The minimum absolute atomic E-state index is 0.103. The molecule has 1 N–H and O–H groups in total. The summed E-state index contributed by atoms with van der Waals surface area (Å²) in [6, 6.07) is 1.80. The molecule has 8 heteroatoms. The van der Waals surface area contributed by atoms with Crippen LogP contribution in [0, 0.1) is 6.92 Å². The number of thiophene rings is 1. The highest BCUT2D eigenvalue weighted by Crippen LogP contribution is 2.25. The molecule has 1 amide bonds. The molecule has 0 spiro atoms. The van der Waals surface area contributed by atoms with E-state index in [0.717, 1.165) is 5.56 Å². The zero-order chi connectivity index (χ0) is 15.7. The van der Waals surface area contributed by atoms with Gasteiger partial charge in [-0.2, -0.15) is 16.4 Å². The van der Waals surface area contributed by atoms with E-state index in [2.05, 4.69) is 10.4 Å². The Morgan fingerprint density at radius 3 is 3.00 bits per heavy atom. The lowest BCUT2D eigenvalue weighted by molar-refractivity contribution is 0.0950. The van der Waals surface area contributed by atoms with Gasteiger partial charge in [0.2, 0.25) is 0 Å². The number of nitrogens with zero attached hydrogens (tertiary/aromatic N) is 2. The minimum Gasteiger partial charge on any atom is -0.348 e. The molecule has 0 unspecified atom stereocenters. The van der Waals surface area contributed by atoms with Crippen molar-refractivity contribution in [1.82, 2.24) is 15.1 Å². The minimum atomic E-state index is -2.97.